The Morgan fingerprint density at radius 2 is 2.53 bits per heavy atom. The van der Waals surface area contributed by atoms with Crippen molar-refractivity contribution in [3.63, 3.8) is 0 Å². The molecule has 1 aromatic heterocycles. The van der Waals surface area contributed by atoms with E-state index in [2.05, 4.69) is 20.7 Å². The van der Waals surface area contributed by atoms with Gasteiger partial charge in [0.25, 0.3) is 5.91 Å². The summed E-state index contributed by atoms with van der Waals surface area (Å²) >= 11 is 0. The lowest BCUT2D eigenvalue weighted by Crippen LogP contribution is -2.25. The third-order valence-corrected chi connectivity index (χ3v) is 2.91. The van der Waals surface area contributed by atoms with Gasteiger partial charge in [-0.25, -0.2) is 0 Å². The summed E-state index contributed by atoms with van der Waals surface area (Å²) in [6, 6.07) is 0. The topological polar surface area (TPSA) is 79.9 Å². The molecule has 1 fully saturated rings. The maximum absolute atomic E-state index is 11.5. The van der Waals surface area contributed by atoms with Gasteiger partial charge in [-0.3, -0.25) is 4.79 Å². The van der Waals surface area contributed by atoms with E-state index in [9.17, 15) is 4.79 Å². The second-order valence-electron chi connectivity index (χ2n) is 4.24. The normalized spacial score (nSPS) is 19.4. The first-order chi connectivity index (χ1) is 8.36. The Kier molecular flexibility index (Phi) is 4.49. The van der Waals surface area contributed by atoms with Gasteiger partial charge in [0, 0.05) is 13.2 Å². The lowest BCUT2D eigenvalue weighted by atomic mass is 10.1. The van der Waals surface area contributed by atoms with Crippen LogP contribution >= 0.6 is 0 Å². The fourth-order valence-corrected chi connectivity index (χ4v) is 1.97. The molecule has 2 rings (SSSR count). The first kappa shape index (κ1) is 12.0. The van der Waals surface area contributed by atoms with E-state index in [-0.39, 0.29) is 5.91 Å². The molecule has 1 aromatic rings. The van der Waals surface area contributed by atoms with Crippen molar-refractivity contribution in [1.29, 1.82) is 0 Å². The Balaban J connectivity index is 1.52. The highest BCUT2D eigenvalue weighted by atomic mass is 16.5. The van der Waals surface area contributed by atoms with Gasteiger partial charge in [-0.05, 0) is 32.1 Å². The second-order valence-corrected chi connectivity index (χ2v) is 4.24. The van der Waals surface area contributed by atoms with Crippen molar-refractivity contribution in [2.45, 2.75) is 38.2 Å². The van der Waals surface area contributed by atoms with Crippen LogP contribution in [0.2, 0.25) is 0 Å². The Morgan fingerprint density at radius 3 is 3.24 bits per heavy atom. The lowest BCUT2D eigenvalue weighted by Gasteiger charge is -2.08. The average molecular weight is 238 g/mol. The Labute approximate surface area is 100 Å². The van der Waals surface area contributed by atoms with E-state index in [0.717, 1.165) is 25.9 Å². The molecular formula is C11H18N4O2. The standard InChI is InChI=1S/C11H18N4O2/c16-11(10-8-13-15-14-10)12-6-2-1-4-9-5-3-7-17-9/h8-9H,1-7H2,(H,12,16)(H,13,14,15)/t9-/m1/s1. The van der Waals surface area contributed by atoms with Gasteiger partial charge >= 0.3 is 0 Å². The first-order valence-electron chi connectivity index (χ1n) is 6.12. The monoisotopic (exact) mass is 238 g/mol. The summed E-state index contributed by atoms with van der Waals surface area (Å²) in [7, 11) is 0. The number of nitrogens with one attached hydrogen (secondary N) is 2. The predicted molar refractivity (Wildman–Crippen MR) is 61.5 cm³/mol. The summed E-state index contributed by atoms with van der Waals surface area (Å²) in [5, 5.41) is 12.5. The number of rotatable bonds is 6. The third kappa shape index (κ3) is 3.81. The molecule has 0 aromatic carbocycles. The number of aromatic amines is 1. The van der Waals surface area contributed by atoms with E-state index in [1.54, 1.807) is 0 Å². The minimum absolute atomic E-state index is 0.170. The number of hydrogen-bond donors (Lipinski definition) is 2. The number of aromatic nitrogens is 3. The molecule has 6 heteroatoms. The molecule has 6 nitrogen and oxygen atoms in total. The molecule has 0 spiro atoms. The van der Waals surface area contributed by atoms with Crippen LogP contribution in [0.25, 0.3) is 0 Å². The number of amides is 1. The van der Waals surface area contributed by atoms with Crippen LogP contribution in [0.1, 0.15) is 42.6 Å². The van der Waals surface area contributed by atoms with E-state index in [1.165, 1.54) is 19.0 Å². The Morgan fingerprint density at radius 1 is 1.59 bits per heavy atom. The van der Waals surface area contributed by atoms with Gasteiger partial charge in [0.1, 0.15) is 0 Å². The zero-order valence-corrected chi connectivity index (χ0v) is 9.82. The van der Waals surface area contributed by atoms with Gasteiger partial charge in [0.05, 0.1) is 12.3 Å². The van der Waals surface area contributed by atoms with Crippen LogP contribution in [0, 0.1) is 0 Å². The zero-order chi connectivity index (χ0) is 11.9. The number of H-pyrrole nitrogens is 1. The predicted octanol–water partition coefficient (Wildman–Crippen LogP) is 0.884. The maximum Gasteiger partial charge on any atom is 0.273 e. The van der Waals surface area contributed by atoms with Crippen LogP contribution in [0.5, 0.6) is 0 Å². The van der Waals surface area contributed by atoms with Crippen LogP contribution < -0.4 is 5.32 Å². The fraction of sp³-hybridized carbons (Fsp3) is 0.727. The van der Waals surface area contributed by atoms with Crippen molar-refractivity contribution in [3.8, 4) is 0 Å². The molecule has 0 aliphatic carbocycles. The van der Waals surface area contributed by atoms with E-state index in [1.807, 2.05) is 0 Å². The zero-order valence-electron chi connectivity index (χ0n) is 9.82. The summed E-state index contributed by atoms with van der Waals surface area (Å²) in [4.78, 5) is 11.5. The van der Waals surface area contributed by atoms with E-state index in [0.29, 0.717) is 18.3 Å². The fourth-order valence-electron chi connectivity index (χ4n) is 1.97. The van der Waals surface area contributed by atoms with Crippen molar-refractivity contribution in [1.82, 2.24) is 20.7 Å². The Bertz CT molecular complexity index is 333. The smallest absolute Gasteiger partial charge is 0.273 e. The van der Waals surface area contributed by atoms with Gasteiger partial charge in [-0.1, -0.05) is 0 Å². The highest BCUT2D eigenvalue weighted by Gasteiger charge is 2.14. The molecule has 0 saturated carbocycles. The van der Waals surface area contributed by atoms with Crippen molar-refractivity contribution >= 4 is 5.91 Å². The number of ether oxygens (including phenoxy) is 1. The molecule has 1 amide bonds. The minimum Gasteiger partial charge on any atom is -0.378 e. The number of carbonyl (C=O) groups is 1. The van der Waals surface area contributed by atoms with Gasteiger partial charge in [0.15, 0.2) is 5.69 Å². The largest absolute Gasteiger partial charge is 0.378 e. The number of carbonyl (C=O) groups excluding carboxylic acids is 1. The van der Waals surface area contributed by atoms with E-state index >= 15 is 0 Å². The molecule has 2 N–H and O–H groups in total. The molecule has 1 atom stereocenters. The molecule has 1 saturated heterocycles. The summed E-state index contributed by atoms with van der Waals surface area (Å²) in [5.41, 5.74) is 0.337. The van der Waals surface area contributed by atoms with Gasteiger partial charge < -0.3 is 10.1 Å². The molecule has 1 aliphatic heterocycles. The molecule has 1 aliphatic rings. The molecule has 17 heavy (non-hydrogen) atoms. The van der Waals surface area contributed by atoms with E-state index < -0.39 is 0 Å². The second kappa shape index (κ2) is 6.34. The van der Waals surface area contributed by atoms with Crippen LogP contribution in [0.4, 0.5) is 0 Å². The van der Waals surface area contributed by atoms with Gasteiger partial charge in [-0.15, -0.1) is 0 Å². The molecule has 0 bridgehead atoms. The quantitative estimate of drug-likeness (QED) is 0.721. The van der Waals surface area contributed by atoms with Crippen LogP contribution in [0.15, 0.2) is 6.20 Å². The molecule has 94 valence electrons. The summed E-state index contributed by atoms with van der Waals surface area (Å²) < 4.78 is 5.53. The molecule has 0 unspecified atom stereocenters. The molecule has 0 radical (unpaired) electrons. The summed E-state index contributed by atoms with van der Waals surface area (Å²) in [6.45, 7) is 1.59. The molecular weight excluding hydrogens is 220 g/mol. The van der Waals surface area contributed by atoms with Crippen molar-refractivity contribution in [2.24, 2.45) is 0 Å². The SMILES string of the molecule is O=C(NCCCC[C@@H]1CCCO1)c1cn[nH]n1. The highest BCUT2D eigenvalue weighted by molar-refractivity contribution is 5.91. The lowest BCUT2D eigenvalue weighted by molar-refractivity contribution is 0.0942. The highest BCUT2D eigenvalue weighted by Crippen LogP contribution is 2.17. The number of nitrogens with zero attached hydrogens (tertiary/aromatic N) is 2. The van der Waals surface area contributed by atoms with Crippen molar-refractivity contribution in [3.05, 3.63) is 11.9 Å². The third-order valence-electron chi connectivity index (χ3n) is 2.91. The van der Waals surface area contributed by atoms with Crippen LogP contribution in [0.3, 0.4) is 0 Å². The average Bonchev–Trinajstić information content (AvgIpc) is 3.01. The Hall–Kier alpha value is -1.43. The minimum atomic E-state index is -0.170. The van der Waals surface area contributed by atoms with Crippen LogP contribution in [-0.4, -0.2) is 40.6 Å². The number of unbranched alkanes of at least 4 members (excludes halogenated alkanes) is 1. The number of hydrogen-bond acceptors (Lipinski definition) is 4. The van der Waals surface area contributed by atoms with Crippen molar-refractivity contribution in [2.75, 3.05) is 13.2 Å². The maximum atomic E-state index is 11.5. The molecule has 2 heterocycles. The van der Waals surface area contributed by atoms with Gasteiger partial charge in [-0.2, -0.15) is 15.4 Å². The summed E-state index contributed by atoms with van der Waals surface area (Å²) in [6.07, 6.45) is 7.40. The first-order valence-corrected chi connectivity index (χ1v) is 6.12. The van der Waals surface area contributed by atoms with E-state index in [4.69, 9.17) is 4.74 Å². The van der Waals surface area contributed by atoms with Crippen LogP contribution in [-0.2, 0) is 4.74 Å². The van der Waals surface area contributed by atoms with Crippen molar-refractivity contribution < 1.29 is 9.53 Å². The summed E-state index contributed by atoms with van der Waals surface area (Å²) in [5.74, 6) is -0.170. The van der Waals surface area contributed by atoms with Gasteiger partial charge in [0.2, 0.25) is 0 Å².